The molecule has 0 fully saturated rings. The molecule has 1 atom stereocenters. The van der Waals surface area contributed by atoms with Gasteiger partial charge in [-0.3, -0.25) is 4.79 Å². The molecule has 3 heteroatoms. The van der Waals surface area contributed by atoms with Crippen molar-refractivity contribution in [3.8, 4) is 0 Å². The van der Waals surface area contributed by atoms with Gasteiger partial charge in [0.2, 0.25) is 0 Å². The van der Waals surface area contributed by atoms with Gasteiger partial charge >= 0.3 is 5.97 Å². The van der Waals surface area contributed by atoms with Crippen molar-refractivity contribution in [2.45, 2.75) is 65.4 Å². The van der Waals surface area contributed by atoms with Crippen molar-refractivity contribution in [2.24, 2.45) is 5.41 Å². The zero-order valence-corrected chi connectivity index (χ0v) is 10.1. The van der Waals surface area contributed by atoms with Crippen LogP contribution in [0.1, 0.15) is 59.3 Å². The molecular formula is C12H24O3. The number of aliphatic hydroxyl groups is 1. The second-order valence-corrected chi connectivity index (χ2v) is 5.04. The summed E-state index contributed by atoms with van der Waals surface area (Å²) in [6.45, 7) is 6.55. The quantitative estimate of drug-likeness (QED) is 0.656. The summed E-state index contributed by atoms with van der Waals surface area (Å²) < 4.78 is 0. The molecule has 0 aliphatic carbocycles. The number of aliphatic carboxylic acids is 1. The third-order valence-electron chi connectivity index (χ3n) is 2.77. The zero-order valence-electron chi connectivity index (χ0n) is 10.1. The molecule has 0 amide bonds. The number of rotatable bonds is 8. The number of carbonyl (C=O) groups is 1. The molecule has 0 aromatic heterocycles. The average Bonchev–Trinajstić information content (AvgIpc) is 2.11. The largest absolute Gasteiger partial charge is 0.481 e. The Morgan fingerprint density at radius 3 is 2.33 bits per heavy atom. The highest BCUT2D eigenvalue weighted by atomic mass is 16.4. The fraction of sp³-hybridized carbons (Fsp3) is 0.917. The van der Waals surface area contributed by atoms with Gasteiger partial charge in [-0.2, -0.15) is 0 Å². The molecule has 0 saturated carbocycles. The maximum atomic E-state index is 10.3. The van der Waals surface area contributed by atoms with Crippen LogP contribution in [0.3, 0.4) is 0 Å². The van der Waals surface area contributed by atoms with Crippen molar-refractivity contribution in [2.75, 3.05) is 0 Å². The highest BCUT2D eigenvalue weighted by Crippen LogP contribution is 2.29. The van der Waals surface area contributed by atoms with Gasteiger partial charge < -0.3 is 10.2 Å². The van der Waals surface area contributed by atoms with Crippen LogP contribution >= 0.6 is 0 Å². The van der Waals surface area contributed by atoms with Gasteiger partial charge in [0.1, 0.15) is 0 Å². The van der Waals surface area contributed by atoms with Crippen LogP contribution in [0.4, 0.5) is 0 Å². The number of carboxylic acid groups (broad SMARTS) is 1. The summed E-state index contributed by atoms with van der Waals surface area (Å²) in [7, 11) is 0. The van der Waals surface area contributed by atoms with Gasteiger partial charge in [0.25, 0.3) is 0 Å². The summed E-state index contributed by atoms with van der Waals surface area (Å²) >= 11 is 0. The monoisotopic (exact) mass is 216 g/mol. The first-order valence-electron chi connectivity index (χ1n) is 5.77. The maximum absolute atomic E-state index is 10.3. The van der Waals surface area contributed by atoms with E-state index in [4.69, 9.17) is 5.11 Å². The fourth-order valence-corrected chi connectivity index (χ4v) is 1.79. The molecule has 0 aliphatic rings. The van der Waals surface area contributed by atoms with E-state index in [1.54, 1.807) is 0 Å². The van der Waals surface area contributed by atoms with Crippen molar-refractivity contribution < 1.29 is 15.0 Å². The van der Waals surface area contributed by atoms with E-state index in [1.165, 1.54) is 0 Å². The van der Waals surface area contributed by atoms with E-state index in [-0.39, 0.29) is 11.8 Å². The molecule has 0 aliphatic heterocycles. The van der Waals surface area contributed by atoms with E-state index in [9.17, 15) is 9.90 Å². The van der Waals surface area contributed by atoms with Gasteiger partial charge in [0.15, 0.2) is 0 Å². The van der Waals surface area contributed by atoms with E-state index in [1.807, 2.05) is 0 Å². The van der Waals surface area contributed by atoms with Gasteiger partial charge in [-0.25, -0.2) is 0 Å². The molecule has 0 rings (SSSR count). The molecule has 90 valence electrons. The Labute approximate surface area is 92.5 Å². The Balaban J connectivity index is 3.69. The lowest BCUT2D eigenvalue weighted by Gasteiger charge is -2.25. The average molecular weight is 216 g/mol. The second kappa shape index (κ2) is 6.83. The predicted molar refractivity (Wildman–Crippen MR) is 60.8 cm³/mol. The Bertz CT molecular complexity index is 187. The summed E-state index contributed by atoms with van der Waals surface area (Å²) in [6, 6.07) is 0. The SMILES string of the molecule is CCCC(C)(C)CCC(O)CCC(=O)O. The molecule has 0 radical (unpaired) electrons. The van der Waals surface area contributed by atoms with Crippen LogP contribution in [-0.2, 0) is 4.79 Å². The highest BCUT2D eigenvalue weighted by molar-refractivity contribution is 5.66. The van der Waals surface area contributed by atoms with Crippen molar-refractivity contribution in [1.82, 2.24) is 0 Å². The van der Waals surface area contributed by atoms with E-state index < -0.39 is 12.1 Å². The van der Waals surface area contributed by atoms with Crippen LogP contribution in [0.5, 0.6) is 0 Å². The summed E-state index contributed by atoms with van der Waals surface area (Å²) in [5, 5.41) is 18.0. The zero-order chi connectivity index (χ0) is 11.9. The fourth-order valence-electron chi connectivity index (χ4n) is 1.79. The molecule has 15 heavy (non-hydrogen) atoms. The van der Waals surface area contributed by atoms with Crippen LogP contribution in [0, 0.1) is 5.41 Å². The number of carboxylic acids is 1. The number of hydrogen-bond donors (Lipinski definition) is 2. The molecule has 0 heterocycles. The normalized spacial score (nSPS) is 13.9. The number of hydrogen-bond acceptors (Lipinski definition) is 2. The van der Waals surface area contributed by atoms with E-state index in [0.29, 0.717) is 12.8 Å². The smallest absolute Gasteiger partial charge is 0.303 e. The molecule has 0 bridgehead atoms. The van der Waals surface area contributed by atoms with Gasteiger partial charge in [0, 0.05) is 6.42 Å². The van der Waals surface area contributed by atoms with Crippen LogP contribution in [0.25, 0.3) is 0 Å². The van der Waals surface area contributed by atoms with Crippen molar-refractivity contribution >= 4 is 5.97 Å². The van der Waals surface area contributed by atoms with Crippen LogP contribution in [-0.4, -0.2) is 22.3 Å². The van der Waals surface area contributed by atoms with Crippen LogP contribution < -0.4 is 0 Å². The molecule has 2 N–H and O–H groups in total. The maximum Gasteiger partial charge on any atom is 0.303 e. The lowest BCUT2D eigenvalue weighted by Crippen LogP contribution is -2.16. The first-order valence-corrected chi connectivity index (χ1v) is 5.77. The van der Waals surface area contributed by atoms with Gasteiger partial charge in [-0.1, -0.05) is 27.2 Å². The minimum absolute atomic E-state index is 0.0649. The summed E-state index contributed by atoms with van der Waals surface area (Å²) in [5.41, 5.74) is 0.263. The molecular weight excluding hydrogens is 192 g/mol. The van der Waals surface area contributed by atoms with Crippen molar-refractivity contribution in [1.29, 1.82) is 0 Å². The lowest BCUT2D eigenvalue weighted by molar-refractivity contribution is -0.137. The third-order valence-corrected chi connectivity index (χ3v) is 2.77. The Morgan fingerprint density at radius 1 is 1.27 bits per heavy atom. The van der Waals surface area contributed by atoms with Crippen molar-refractivity contribution in [3.05, 3.63) is 0 Å². The van der Waals surface area contributed by atoms with E-state index in [2.05, 4.69) is 20.8 Å². The highest BCUT2D eigenvalue weighted by Gasteiger charge is 2.18. The molecule has 0 aromatic rings. The molecule has 1 unspecified atom stereocenters. The minimum atomic E-state index is -0.832. The lowest BCUT2D eigenvalue weighted by atomic mass is 9.82. The summed E-state index contributed by atoms with van der Waals surface area (Å²) in [4.78, 5) is 10.3. The third kappa shape index (κ3) is 8.43. The summed E-state index contributed by atoms with van der Waals surface area (Å²) in [6.07, 6.45) is 3.95. The standard InChI is InChI=1S/C12H24O3/c1-4-8-12(2,3)9-7-10(13)5-6-11(14)15/h10,13H,4-9H2,1-3H3,(H,14,15). The van der Waals surface area contributed by atoms with Gasteiger partial charge in [-0.05, 0) is 31.1 Å². The molecule has 0 aromatic carbocycles. The first-order chi connectivity index (χ1) is 6.87. The van der Waals surface area contributed by atoms with E-state index >= 15 is 0 Å². The molecule has 0 saturated heterocycles. The minimum Gasteiger partial charge on any atom is -0.481 e. The molecule has 0 spiro atoms. The van der Waals surface area contributed by atoms with Gasteiger partial charge in [0.05, 0.1) is 6.10 Å². The van der Waals surface area contributed by atoms with Gasteiger partial charge in [-0.15, -0.1) is 0 Å². The Hall–Kier alpha value is -0.570. The second-order valence-electron chi connectivity index (χ2n) is 5.04. The topological polar surface area (TPSA) is 57.5 Å². The van der Waals surface area contributed by atoms with E-state index in [0.717, 1.165) is 19.3 Å². The van der Waals surface area contributed by atoms with Crippen molar-refractivity contribution in [3.63, 3.8) is 0 Å². The molecule has 3 nitrogen and oxygen atoms in total. The van der Waals surface area contributed by atoms with Crippen LogP contribution in [0.15, 0.2) is 0 Å². The summed E-state index contributed by atoms with van der Waals surface area (Å²) in [5.74, 6) is -0.832. The predicted octanol–water partition coefficient (Wildman–Crippen LogP) is 2.82. The Kier molecular flexibility index (Phi) is 6.57. The first kappa shape index (κ1) is 14.4. The Morgan fingerprint density at radius 2 is 1.87 bits per heavy atom. The van der Waals surface area contributed by atoms with Crippen LogP contribution in [0.2, 0.25) is 0 Å². The number of aliphatic hydroxyl groups excluding tert-OH is 1.